The number of nitrogens with zero attached hydrogens (tertiary/aromatic N) is 2. The summed E-state index contributed by atoms with van der Waals surface area (Å²) >= 11 is 0. The monoisotopic (exact) mass is 404 g/mol. The summed E-state index contributed by atoms with van der Waals surface area (Å²) in [5.41, 5.74) is 0.383. The molecule has 1 aromatic heterocycles. The lowest BCUT2D eigenvalue weighted by atomic mass is 9.95. The highest BCUT2D eigenvalue weighted by Crippen LogP contribution is 2.22. The zero-order chi connectivity index (χ0) is 18.0. The highest BCUT2D eigenvalue weighted by Gasteiger charge is 2.29. The van der Waals surface area contributed by atoms with Crippen LogP contribution in [0.25, 0.3) is 0 Å². The summed E-state index contributed by atoms with van der Waals surface area (Å²) in [6, 6.07) is 1.57. The van der Waals surface area contributed by atoms with Gasteiger partial charge >= 0.3 is 0 Å². The summed E-state index contributed by atoms with van der Waals surface area (Å²) in [5, 5.41) is 6.32. The molecule has 1 amide bonds. The highest BCUT2D eigenvalue weighted by atomic mass is 35.5. The van der Waals surface area contributed by atoms with Gasteiger partial charge in [0.1, 0.15) is 10.6 Å². The molecule has 7 nitrogen and oxygen atoms in total. The van der Waals surface area contributed by atoms with Gasteiger partial charge in [-0.1, -0.05) is 13.3 Å². The Kier molecular flexibility index (Phi) is 7.12. The van der Waals surface area contributed by atoms with E-state index in [-0.39, 0.29) is 29.3 Å². The van der Waals surface area contributed by atoms with Crippen molar-refractivity contribution in [1.29, 1.82) is 0 Å². The maximum atomic E-state index is 12.8. The number of carbonyl (C=O) groups excluding carboxylic acids is 1. The normalized spacial score (nSPS) is 24.7. The van der Waals surface area contributed by atoms with Crippen LogP contribution in [0.3, 0.4) is 0 Å². The summed E-state index contributed by atoms with van der Waals surface area (Å²) in [6.45, 7) is 4.96. The molecule has 0 radical (unpaired) electrons. The minimum atomic E-state index is -3.52. The standard InChI is InChI=1S/C17H28N4O3S.ClH/c1-13-6-7-18-11-15(13)19-17(22)16-10-14(12-20(16)2)25(23,24)21-8-4-3-5-9-21;/h10,12-13,15,18H,3-9,11H2,1-2H3,(H,19,22);1H. The number of nitrogens with one attached hydrogen (secondary N) is 2. The smallest absolute Gasteiger partial charge is 0.268 e. The van der Waals surface area contributed by atoms with E-state index < -0.39 is 10.0 Å². The quantitative estimate of drug-likeness (QED) is 0.793. The lowest BCUT2D eigenvalue weighted by Gasteiger charge is -2.30. The van der Waals surface area contributed by atoms with Gasteiger partial charge in [0.2, 0.25) is 10.0 Å². The largest absolute Gasteiger partial charge is 0.346 e. The van der Waals surface area contributed by atoms with E-state index in [4.69, 9.17) is 0 Å². The number of aryl methyl sites for hydroxylation is 1. The van der Waals surface area contributed by atoms with Crippen molar-refractivity contribution in [3.05, 3.63) is 18.0 Å². The van der Waals surface area contributed by atoms with Crippen molar-refractivity contribution in [2.75, 3.05) is 26.2 Å². The molecular weight excluding hydrogens is 376 g/mol. The minimum absolute atomic E-state index is 0. The van der Waals surface area contributed by atoms with Crippen LogP contribution in [0.5, 0.6) is 0 Å². The number of hydrogen-bond acceptors (Lipinski definition) is 4. The molecular formula is C17H29ClN4O3S. The minimum Gasteiger partial charge on any atom is -0.346 e. The Hall–Kier alpha value is -1.09. The Morgan fingerprint density at radius 1 is 1.27 bits per heavy atom. The van der Waals surface area contributed by atoms with Crippen LogP contribution >= 0.6 is 12.4 Å². The van der Waals surface area contributed by atoms with Gasteiger partial charge in [0, 0.05) is 38.9 Å². The molecule has 2 N–H and O–H groups in total. The second kappa shape index (κ2) is 8.73. The fourth-order valence-corrected chi connectivity index (χ4v) is 5.17. The van der Waals surface area contributed by atoms with E-state index in [1.165, 1.54) is 10.4 Å². The van der Waals surface area contributed by atoms with Gasteiger partial charge in [0.05, 0.1) is 0 Å². The Morgan fingerprint density at radius 2 is 1.96 bits per heavy atom. The molecule has 3 rings (SSSR count). The third kappa shape index (κ3) is 4.42. The molecule has 0 saturated carbocycles. The number of carbonyl (C=O) groups is 1. The van der Waals surface area contributed by atoms with Gasteiger partial charge in [-0.3, -0.25) is 4.79 Å². The van der Waals surface area contributed by atoms with Crippen molar-refractivity contribution >= 4 is 28.3 Å². The van der Waals surface area contributed by atoms with E-state index in [9.17, 15) is 13.2 Å². The first-order valence-corrected chi connectivity index (χ1v) is 10.5. The van der Waals surface area contributed by atoms with Crippen molar-refractivity contribution in [3.8, 4) is 0 Å². The Morgan fingerprint density at radius 3 is 2.62 bits per heavy atom. The number of halogens is 1. The third-order valence-electron chi connectivity index (χ3n) is 5.31. The topological polar surface area (TPSA) is 83.4 Å². The van der Waals surface area contributed by atoms with Crippen molar-refractivity contribution < 1.29 is 13.2 Å². The fourth-order valence-electron chi connectivity index (χ4n) is 3.58. The van der Waals surface area contributed by atoms with Gasteiger partial charge in [0.25, 0.3) is 5.91 Å². The van der Waals surface area contributed by atoms with Crippen molar-refractivity contribution in [1.82, 2.24) is 19.5 Å². The van der Waals surface area contributed by atoms with Crippen LogP contribution in [0, 0.1) is 5.92 Å². The molecule has 0 spiro atoms. The number of piperidine rings is 2. The van der Waals surface area contributed by atoms with Crippen LogP contribution < -0.4 is 10.6 Å². The zero-order valence-corrected chi connectivity index (χ0v) is 17.0. The van der Waals surface area contributed by atoms with E-state index in [1.54, 1.807) is 17.8 Å². The summed E-state index contributed by atoms with van der Waals surface area (Å²) < 4.78 is 28.7. The highest BCUT2D eigenvalue weighted by molar-refractivity contribution is 7.89. The fraction of sp³-hybridized carbons (Fsp3) is 0.706. The molecule has 3 heterocycles. The zero-order valence-electron chi connectivity index (χ0n) is 15.4. The molecule has 1 aromatic rings. The van der Waals surface area contributed by atoms with Gasteiger partial charge in [-0.2, -0.15) is 4.31 Å². The van der Waals surface area contributed by atoms with Gasteiger partial charge in [-0.05, 0) is 37.8 Å². The SMILES string of the molecule is CC1CCNCC1NC(=O)c1cc(S(=O)(=O)N2CCCCC2)cn1C.Cl. The van der Waals surface area contributed by atoms with Crippen LogP contribution in [0.4, 0.5) is 0 Å². The predicted molar refractivity (Wildman–Crippen MR) is 103 cm³/mol. The average molecular weight is 405 g/mol. The first-order valence-electron chi connectivity index (χ1n) is 9.07. The molecule has 9 heteroatoms. The molecule has 2 atom stereocenters. The Balaban J connectivity index is 0.00000243. The molecule has 0 aromatic carbocycles. The maximum Gasteiger partial charge on any atom is 0.268 e. The van der Waals surface area contributed by atoms with E-state index in [1.807, 2.05) is 0 Å². The van der Waals surface area contributed by atoms with E-state index in [0.29, 0.717) is 24.7 Å². The van der Waals surface area contributed by atoms with E-state index in [2.05, 4.69) is 17.6 Å². The van der Waals surface area contributed by atoms with Crippen LogP contribution in [0.2, 0.25) is 0 Å². The Bertz CT molecular complexity index is 728. The van der Waals surface area contributed by atoms with Crippen molar-refractivity contribution in [2.45, 2.75) is 43.5 Å². The Labute approximate surface area is 162 Å². The third-order valence-corrected chi connectivity index (χ3v) is 7.17. The number of amides is 1. The van der Waals surface area contributed by atoms with Crippen LogP contribution in [0.1, 0.15) is 43.1 Å². The summed E-state index contributed by atoms with van der Waals surface area (Å²) in [4.78, 5) is 12.8. The second-order valence-electron chi connectivity index (χ2n) is 7.19. The molecule has 2 unspecified atom stereocenters. The lowest BCUT2D eigenvalue weighted by molar-refractivity contribution is 0.0907. The second-order valence-corrected chi connectivity index (χ2v) is 9.12. The van der Waals surface area contributed by atoms with Crippen molar-refractivity contribution in [2.24, 2.45) is 13.0 Å². The predicted octanol–water partition coefficient (Wildman–Crippen LogP) is 1.35. The first kappa shape index (κ1) is 21.2. The molecule has 2 saturated heterocycles. The van der Waals surface area contributed by atoms with E-state index in [0.717, 1.165) is 38.8 Å². The molecule has 2 fully saturated rings. The van der Waals surface area contributed by atoms with Crippen LogP contribution in [-0.2, 0) is 17.1 Å². The van der Waals surface area contributed by atoms with Gasteiger partial charge in [-0.25, -0.2) is 8.42 Å². The molecule has 26 heavy (non-hydrogen) atoms. The van der Waals surface area contributed by atoms with Crippen molar-refractivity contribution in [3.63, 3.8) is 0 Å². The number of hydrogen-bond donors (Lipinski definition) is 2. The summed E-state index contributed by atoms with van der Waals surface area (Å²) in [5.74, 6) is 0.185. The maximum absolute atomic E-state index is 12.8. The number of sulfonamides is 1. The first-order chi connectivity index (χ1) is 11.9. The van der Waals surface area contributed by atoms with Crippen LogP contribution in [-0.4, -0.2) is 55.4 Å². The lowest BCUT2D eigenvalue weighted by Crippen LogP contribution is -2.50. The molecule has 0 aliphatic carbocycles. The summed E-state index contributed by atoms with van der Waals surface area (Å²) in [7, 11) is -1.81. The van der Waals surface area contributed by atoms with Gasteiger partial charge in [-0.15, -0.1) is 12.4 Å². The molecule has 2 aliphatic heterocycles. The number of aromatic nitrogens is 1. The number of rotatable bonds is 4. The van der Waals surface area contributed by atoms with Crippen LogP contribution in [0.15, 0.2) is 17.2 Å². The van der Waals surface area contributed by atoms with E-state index >= 15 is 0 Å². The molecule has 2 aliphatic rings. The van der Waals surface area contributed by atoms with Gasteiger partial charge in [0.15, 0.2) is 0 Å². The van der Waals surface area contributed by atoms with Gasteiger partial charge < -0.3 is 15.2 Å². The summed E-state index contributed by atoms with van der Waals surface area (Å²) in [6.07, 6.45) is 5.42. The molecule has 0 bridgehead atoms. The average Bonchev–Trinajstić information content (AvgIpc) is 3.00. The molecule has 148 valence electrons.